The zero-order valence-corrected chi connectivity index (χ0v) is 10.2. The summed E-state index contributed by atoms with van der Waals surface area (Å²) in [4.78, 5) is 4.67. The summed E-state index contributed by atoms with van der Waals surface area (Å²) < 4.78 is 0. The lowest BCUT2D eigenvalue weighted by molar-refractivity contribution is 0.667. The zero-order chi connectivity index (χ0) is 11.8. The number of fused-ring (bicyclic) bond motifs is 1. The number of pyridine rings is 1. The van der Waals surface area contributed by atoms with Gasteiger partial charge in [-0.1, -0.05) is 6.92 Å². The first-order valence-electron chi connectivity index (χ1n) is 6.47. The smallest absolute Gasteiger partial charge is 0.144 e. The maximum Gasteiger partial charge on any atom is 0.144 e. The van der Waals surface area contributed by atoms with Crippen LogP contribution in [0.3, 0.4) is 0 Å². The molecule has 3 heteroatoms. The van der Waals surface area contributed by atoms with E-state index in [1.165, 1.54) is 30.5 Å². The van der Waals surface area contributed by atoms with Gasteiger partial charge < -0.3 is 5.32 Å². The van der Waals surface area contributed by atoms with Gasteiger partial charge in [-0.15, -0.1) is 0 Å². The van der Waals surface area contributed by atoms with Gasteiger partial charge in [0.05, 0.1) is 5.56 Å². The van der Waals surface area contributed by atoms with Gasteiger partial charge in [0.2, 0.25) is 0 Å². The molecule has 0 radical (unpaired) electrons. The molecule has 1 aromatic rings. The van der Waals surface area contributed by atoms with E-state index < -0.39 is 0 Å². The van der Waals surface area contributed by atoms with Crippen LogP contribution in [-0.4, -0.2) is 11.0 Å². The van der Waals surface area contributed by atoms with Crippen molar-refractivity contribution in [1.29, 1.82) is 5.26 Å². The first kappa shape index (κ1) is 10.6. The van der Waals surface area contributed by atoms with Crippen molar-refractivity contribution in [3.63, 3.8) is 0 Å². The third-order valence-corrected chi connectivity index (χ3v) is 3.85. The third-order valence-electron chi connectivity index (χ3n) is 3.85. The summed E-state index contributed by atoms with van der Waals surface area (Å²) in [5.41, 5.74) is 3.19. The molecular weight excluding hydrogens is 210 g/mol. The molecule has 1 saturated carbocycles. The molecule has 1 aromatic heterocycles. The number of nitrogens with one attached hydrogen (secondary N) is 1. The Bertz CT molecular complexity index is 487. The standard InChI is InChI=1S/C14H17N3/c1-9-6-13(9)17-14-11(8-15)7-10-4-2-3-5-12(10)16-14/h7,9,13H,2-6H2,1H3,(H,16,17). The Labute approximate surface area is 102 Å². The molecule has 1 N–H and O–H groups in total. The molecule has 2 atom stereocenters. The van der Waals surface area contributed by atoms with Crippen molar-refractivity contribution in [3.8, 4) is 6.07 Å². The highest BCUT2D eigenvalue weighted by atomic mass is 15.1. The summed E-state index contributed by atoms with van der Waals surface area (Å²) in [6.07, 6.45) is 5.80. The molecule has 0 amide bonds. The predicted octanol–water partition coefficient (Wildman–Crippen LogP) is 2.65. The summed E-state index contributed by atoms with van der Waals surface area (Å²) in [6, 6.07) is 4.83. The van der Waals surface area contributed by atoms with E-state index in [2.05, 4.69) is 23.3 Å². The average molecular weight is 227 g/mol. The van der Waals surface area contributed by atoms with E-state index in [0.717, 1.165) is 24.6 Å². The van der Waals surface area contributed by atoms with E-state index in [0.29, 0.717) is 11.6 Å². The van der Waals surface area contributed by atoms with Crippen molar-refractivity contribution in [2.24, 2.45) is 5.92 Å². The minimum atomic E-state index is 0.524. The van der Waals surface area contributed by atoms with Crippen LogP contribution in [0.1, 0.15) is 43.0 Å². The van der Waals surface area contributed by atoms with Gasteiger partial charge in [0, 0.05) is 11.7 Å². The third kappa shape index (κ3) is 2.00. The molecule has 3 nitrogen and oxygen atoms in total. The minimum absolute atomic E-state index is 0.524. The quantitative estimate of drug-likeness (QED) is 0.845. The van der Waals surface area contributed by atoms with Crippen molar-refractivity contribution in [3.05, 3.63) is 22.9 Å². The molecule has 0 bridgehead atoms. The molecular formula is C14H17N3. The highest BCUT2D eigenvalue weighted by Gasteiger charge is 2.33. The van der Waals surface area contributed by atoms with Crippen LogP contribution in [0.2, 0.25) is 0 Å². The van der Waals surface area contributed by atoms with Crippen LogP contribution in [0.4, 0.5) is 5.82 Å². The van der Waals surface area contributed by atoms with Crippen LogP contribution in [0, 0.1) is 17.2 Å². The molecule has 1 heterocycles. The van der Waals surface area contributed by atoms with E-state index in [1.807, 2.05) is 6.07 Å². The minimum Gasteiger partial charge on any atom is -0.366 e. The lowest BCUT2D eigenvalue weighted by Gasteiger charge is -2.17. The number of aryl methyl sites for hydroxylation is 2. The van der Waals surface area contributed by atoms with Crippen LogP contribution in [0.15, 0.2) is 6.07 Å². The number of anilines is 1. The van der Waals surface area contributed by atoms with Crippen LogP contribution < -0.4 is 5.32 Å². The molecule has 0 aliphatic heterocycles. The molecule has 1 fully saturated rings. The molecule has 0 saturated heterocycles. The number of aromatic nitrogens is 1. The second-order valence-electron chi connectivity index (χ2n) is 5.27. The first-order chi connectivity index (χ1) is 8.28. The van der Waals surface area contributed by atoms with Gasteiger partial charge in [-0.2, -0.15) is 5.26 Å². The van der Waals surface area contributed by atoms with Crippen molar-refractivity contribution >= 4 is 5.82 Å². The first-order valence-corrected chi connectivity index (χ1v) is 6.47. The SMILES string of the molecule is CC1CC1Nc1nc2c(cc1C#N)CCCC2. The Kier molecular flexibility index (Phi) is 2.51. The van der Waals surface area contributed by atoms with Gasteiger partial charge in [0.1, 0.15) is 11.9 Å². The predicted molar refractivity (Wildman–Crippen MR) is 66.8 cm³/mol. The van der Waals surface area contributed by atoms with Crippen molar-refractivity contribution in [2.45, 2.75) is 45.1 Å². The van der Waals surface area contributed by atoms with Gasteiger partial charge in [0.25, 0.3) is 0 Å². The molecule has 0 aromatic carbocycles. The lowest BCUT2D eigenvalue weighted by atomic mass is 9.95. The van der Waals surface area contributed by atoms with E-state index in [4.69, 9.17) is 0 Å². The maximum atomic E-state index is 9.19. The second kappa shape index (κ2) is 4.03. The Hall–Kier alpha value is -1.56. The Morgan fingerprint density at radius 1 is 1.41 bits per heavy atom. The average Bonchev–Trinajstić information content (AvgIpc) is 3.04. The zero-order valence-electron chi connectivity index (χ0n) is 10.2. The topological polar surface area (TPSA) is 48.7 Å². The highest BCUT2D eigenvalue weighted by Crippen LogP contribution is 2.34. The van der Waals surface area contributed by atoms with Crippen LogP contribution in [0.5, 0.6) is 0 Å². The fourth-order valence-corrected chi connectivity index (χ4v) is 2.53. The maximum absolute atomic E-state index is 9.19. The summed E-state index contributed by atoms with van der Waals surface area (Å²) >= 11 is 0. The lowest BCUT2D eigenvalue weighted by Crippen LogP contribution is -2.12. The second-order valence-corrected chi connectivity index (χ2v) is 5.27. The fourth-order valence-electron chi connectivity index (χ4n) is 2.53. The molecule has 2 aliphatic rings. The molecule has 2 aliphatic carbocycles. The van der Waals surface area contributed by atoms with E-state index in [1.54, 1.807) is 0 Å². The largest absolute Gasteiger partial charge is 0.366 e. The van der Waals surface area contributed by atoms with Crippen molar-refractivity contribution < 1.29 is 0 Å². The van der Waals surface area contributed by atoms with E-state index in [9.17, 15) is 5.26 Å². The molecule has 17 heavy (non-hydrogen) atoms. The van der Waals surface area contributed by atoms with E-state index >= 15 is 0 Å². The number of hydrogen-bond donors (Lipinski definition) is 1. The highest BCUT2D eigenvalue weighted by molar-refractivity contribution is 5.55. The Balaban J connectivity index is 1.93. The number of hydrogen-bond acceptors (Lipinski definition) is 3. The normalized spacial score (nSPS) is 25.9. The number of nitrogens with zero attached hydrogens (tertiary/aromatic N) is 2. The van der Waals surface area contributed by atoms with Crippen molar-refractivity contribution in [1.82, 2.24) is 4.98 Å². The molecule has 3 rings (SSSR count). The Morgan fingerprint density at radius 3 is 2.88 bits per heavy atom. The van der Waals surface area contributed by atoms with Gasteiger partial charge in [-0.05, 0) is 49.7 Å². The van der Waals surface area contributed by atoms with Gasteiger partial charge in [0.15, 0.2) is 0 Å². The van der Waals surface area contributed by atoms with Gasteiger partial charge in [-0.25, -0.2) is 4.98 Å². The number of rotatable bonds is 2. The molecule has 2 unspecified atom stereocenters. The fraction of sp³-hybridized carbons (Fsp3) is 0.571. The summed E-state index contributed by atoms with van der Waals surface area (Å²) in [5.74, 6) is 1.53. The Morgan fingerprint density at radius 2 is 2.18 bits per heavy atom. The van der Waals surface area contributed by atoms with Crippen LogP contribution >= 0.6 is 0 Å². The van der Waals surface area contributed by atoms with E-state index in [-0.39, 0.29) is 0 Å². The monoisotopic (exact) mass is 227 g/mol. The summed E-state index contributed by atoms with van der Waals surface area (Å²) in [7, 11) is 0. The molecule has 88 valence electrons. The van der Waals surface area contributed by atoms with Gasteiger partial charge >= 0.3 is 0 Å². The van der Waals surface area contributed by atoms with Gasteiger partial charge in [-0.3, -0.25) is 0 Å². The van der Waals surface area contributed by atoms with Crippen molar-refractivity contribution in [2.75, 3.05) is 5.32 Å². The molecule has 0 spiro atoms. The number of nitriles is 1. The van der Waals surface area contributed by atoms with Crippen LogP contribution in [0.25, 0.3) is 0 Å². The summed E-state index contributed by atoms with van der Waals surface area (Å²) in [5, 5.41) is 12.6. The van der Waals surface area contributed by atoms with Crippen LogP contribution in [-0.2, 0) is 12.8 Å². The summed E-state index contributed by atoms with van der Waals surface area (Å²) in [6.45, 7) is 2.22.